The lowest BCUT2D eigenvalue weighted by Gasteiger charge is -2.31. The van der Waals surface area contributed by atoms with E-state index in [1.165, 1.54) is 22.4 Å². The molecule has 1 aliphatic heterocycles. The van der Waals surface area contributed by atoms with Crippen LogP contribution in [-0.4, -0.2) is 26.3 Å². The van der Waals surface area contributed by atoms with Crippen molar-refractivity contribution in [2.75, 3.05) is 31.2 Å². The maximum atomic E-state index is 5.41. The van der Waals surface area contributed by atoms with Crippen molar-refractivity contribution in [1.29, 1.82) is 0 Å². The fraction of sp³-hybridized carbons (Fsp3) is 0.571. The fourth-order valence-electron chi connectivity index (χ4n) is 2.24. The third-order valence-corrected chi connectivity index (χ3v) is 3.43. The van der Waals surface area contributed by atoms with Crippen molar-refractivity contribution in [1.82, 2.24) is 0 Å². The van der Waals surface area contributed by atoms with E-state index in [2.05, 4.69) is 37.8 Å². The number of nitrogens with zero attached hydrogens (tertiary/aromatic N) is 1. The molecule has 0 saturated carbocycles. The first-order valence-corrected chi connectivity index (χ1v) is 6.15. The summed E-state index contributed by atoms with van der Waals surface area (Å²) in [6, 6.07) is 4.67. The summed E-state index contributed by atoms with van der Waals surface area (Å²) in [5, 5.41) is 0. The van der Waals surface area contributed by atoms with Gasteiger partial charge in [0.2, 0.25) is 0 Å². The van der Waals surface area contributed by atoms with Gasteiger partial charge < -0.3 is 9.64 Å². The van der Waals surface area contributed by atoms with Crippen molar-refractivity contribution >= 4 is 5.69 Å². The number of hydrogen-bond donors (Lipinski definition) is 0. The van der Waals surface area contributed by atoms with Gasteiger partial charge in [0.15, 0.2) is 0 Å². The molecular formula is C14H21NO. The minimum Gasteiger partial charge on any atom is -0.378 e. The van der Waals surface area contributed by atoms with Crippen molar-refractivity contribution in [3.05, 3.63) is 28.8 Å². The van der Waals surface area contributed by atoms with Gasteiger partial charge in [-0.2, -0.15) is 0 Å². The number of aryl methyl sites for hydroxylation is 3. The summed E-state index contributed by atoms with van der Waals surface area (Å²) in [6.45, 7) is 10.4. The predicted octanol–water partition coefficient (Wildman–Crippen LogP) is 2.70. The molecule has 0 spiro atoms. The van der Waals surface area contributed by atoms with Crippen LogP contribution in [0.5, 0.6) is 0 Å². The number of anilines is 1. The Balaban J connectivity index is 2.33. The molecule has 0 N–H and O–H groups in total. The maximum Gasteiger partial charge on any atom is 0.0642 e. The van der Waals surface area contributed by atoms with Gasteiger partial charge in [0, 0.05) is 18.8 Å². The molecule has 0 amide bonds. The van der Waals surface area contributed by atoms with Gasteiger partial charge in [-0.3, -0.25) is 0 Å². The van der Waals surface area contributed by atoms with Gasteiger partial charge in [0.05, 0.1) is 13.2 Å². The van der Waals surface area contributed by atoms with E-state index in [4.69, 9.17) is 4.74 Å². The van der Waals surface area contributed by atoms with Crippen LogP contribution in [0.4, 0.5) is 5.69 Å². The Morgan fingerprint density at radius 2 is 1.75 bits per heavy atom. The van der Waals surface area contributed by atoms with Crippen LogP contribution < -0.4 is 4.90 Å². The average molecular weight is 219 g/mol. The van der Waals surface area contributed by atoms with Crippen LogP contribution in [0.2, 0.25) is 0 Å². The van der Waals surface area contributed by atoms with E-state index in [0.29, 0.717) is 0 Å². The Morgan fingerprint density at radius 3 is 2.38 bits per heavy atom. The van der Waals surface area contributed by atoms with Crippen LogP contribution in [0.25, 0.3) is 0 Å². The second-order valence-electron chi connectivity index (χ2n) is 4.52. The Bertz CT molecular complexity index is 367. The summed E-state index contributed by atoms with van der Waals surface area (Å²) in [6.07, 6.45) is 1.10. The van der Waals surface area contributed by atoms with Crippen molar-refractivity contribution in [3.8, 4) is 0 Å². The smallest absolute Gasteiger partial charge is 0.0642 e. The summed E-state index contributed by atoms with van der Waals surface area (Å²) < 4.78 is 5.41. The molecule has 1 aromatic carbocycles. The monoisotopic (exact) mass is 219 g/mol. The van der Waals surface area contributed by atoms with Crippen molar-refractivity contribution in [2.24, 2.45) is 0 Å². The van der Waals surface area contributed by atoms with Crippen molar-refractivity contribution < 1.29 is 4.74 Å². The average Bonchev–Trinajstić information content (AvgIpc) is 2.33. The number of hydrogen-bond acceptors (Lipinski definition) is 2. The maximum absolute atomic E-state index is 5.41. The molecule has 88 valence electrons. The van der Waals surface area contributed by atoms with E-state index >= 15 is 0 Å². The standard InChI is InChI=1S/C14H21NO/c1-4-13-9-11(2)12(3)10-14(13)15-5-7-16-8-6-15/h9-10H,4-8H2,1-3H3. The molecule has 0 aliphatic carbocycles. The Morgan fingerprint density at radius 1 is 1.12 bits per heavy atom. The lowest BCUT2D eigenvalue weighted by molar-refractivity contribution is 0.122. The van der Waals surface area contributed by atoms with Crippen LogP contribution >= 0.6 is 0 Å². The Kier molecular flexibility index (Phi) is 3.49. The summed E-state index contributed by atoms with van der Waals surface area (Å²) in [5.41, 5.74) is 5.66. The van der Waals surface area contributed by atoms with Gasteiger partial charge >= 0.3 is 0 Å². The number of morpholine rings is 1. The fourth-order valence-corrected chi connectivity index (χ4v) is 2.24. The van der Waals surface area contributed by atoms with E-state index in [1.54, 1.807) is 0 Å². The van der Waals surface area contributed by atoms with Crippen molar-refractivity contribution in [3.63, 3.8) is 0 Å². The number of benzene rings is 1. The number of ether oxygens (including phenoxy) is 1. The largest absolute Gasteiger partial charge is 0.378 e. The first kappa shape index (κ1) is 11.5. The molecule has 1 fully saturated rings. The molecular weight excluding hydrogens is 198 g/mol. The van der Waals surface area contributed by atoms with Gasteiger partial charge in [-0.15, -0.1) is 0 Å². The highest BCUT2D eigenvalue weighted by molar-refractivity contribution is 5.57. The van der Waals surface area contributed by atoms with Gasteiger partial charge in [-0.05, 0) is 43.0 Å². The van der Waals surface area contributed by atoms with Crippen LogP contribution in [-0.2, 0) is 11.2 Å². The van der Waals surface area contributed by atoms with Gasteiger partial charge in [0.25, 0.3) is 0 Å². The molecule has 2 rings (SSSR count). The lowest BCUT2D eigenvalue weighted by atomic mass is 10.0. The van der Waals surface area contributed by atoms with Crippen LogP contribution in [0.1, 0.15) is 23.6 Å². The highest BCUT2D eigenvalue weighted by Crippen LogP contribution is 2.26. The minimum atomic E-state index is 0.857. The molecule has 1 aliphatic rings. The zero-order valence-corrected chi connectivity index (χ0v) is 10.5. The zero-order valence-electron chi connectivity index (χ0n) is 10.5. The SMILES string of the molecule is CCc1cc(C)c(C)cc1N1CCOCC1. The van der Waals surface area contributed by atoms with Gasteiger partial charge in [-0.1, -0.05) is 13.0 Å². The second-order valence-corrected chi connectivity index (χ2v) is 4.52. The van der Waals surface area contributed by atoms with Gasteiger partial charge in [-0.25, -0.2) is 0 Å². The minimum absolute atomic E-state index is 0.857. The molecule has 2 heteroatoms. The molecule has 2 nitrogen and oxygen atoms in total. The van der Waals surface area contributed by atoms with E-state index in [0.717, 1.165) is 32.7 Å². The number of rotatable bonds is 2. The van der Waals surface area contributed by atoms with E-state index in [1.807, 2.05) is 0 Å². The molecule has 0 radical (unpaired) electrons. The summed E-state index contributed by atoms with van der Waals surface area (Å²) in [4.78, 5) is 2.45. The third kappa shape index (κ3) is 2.22. The first-order chi connectivity index (χ1) is 7.72. The van der Waals surface area contributed by atoms with E-state index in [9.17, 15) is 0 Å². The second kappa shape index (κ2) is 4.88. The Labute approximate surface area is 98.2 Å². The normalized spacial score (nSPS) is 16.6. The molecule has 1 saturated heterocycles. The highest BCUT2D eigenvalue weighted by Gasteiger charge is 2.14. The van der Waals surface area contributed by atoms with Gasteiger partial charge in [0.1, 0.15) is 0 Å². The van der Waals surface area contributed by atoms with E-state index in [-0.39, 0.29) is 0 Å². The topological polar surface area (TPSA) is 12.5 Å². The molecule has 0 unspecified atom stereocenters. The highest BCUT2D eigenvalue weighted by atomic mass is 16.5. The van der Waals surface area contributed by atoms with Crippen molar-refractivity contribution in [2.45, 2.75) is 27.2 Å². The predicted molar refractivity (Wildman–Crippen MR) is 68.3 cm³/mol. The summed E-state index contributed by atoms with van der Waals surface area (Å²) in [7, 11) is 0. The van der Waals surface area contributed by atoms with Crippen LogP contribution in [0, 0.1) is 13.8 Å². The summed E-state index contributed by atoms with van der Waals surface area (Å²) >= 11 is 0. The molecule has 1 heterocycles. The Hall–Kier alpha value is -1.02. The molecule has 0 aromatic heterocycles. The third-order valence-electron chi connectivity index (χ3n) is 3.43. The lowest BCUT2D eigenvalue weighted by Crippen LogP contribution is -2.36. The molecule has 16 heavy (non-hydrogen) atoms. The zero-order chi connectivity index (χ0) is 11.5. The molecule has 1 aromatic rings. The molecule has 0 atom stereocenters. The quantitative estimate of drug-likeness (QED) is 0.758. The van der Waals surface area contributed by atoms with Crippen LogP contribution in [0.15, 0.2) is 12.1 Å². The van der Waals surface area contributed by atoms with Crippen LogP contribution in [0.3, 0.4) is 0 Å². The summed E-state index contributed by atoms with van der Waals surface area (Å²) in [5.74, 6) is 0. The van der Waals surface area contributed by atoms with E-state index < -0.39 is 0 Å². The first-order valence-electron chi connectivity index (χ1n) is 6.15. The molecule has 0 bridgehead atoms.